The molecule has 40 heavy (non-hydrogen) atoms. The Morgan fingerprint density at radius 2 is 1.70 bits per heavy atom. The van der Waals surface area contributed by atoms with Crippen molar-refractivity contribution in [1.82, 2.24) is 9.80 Å². The van der Waals surface area contributed by atoms with Crippen LogP contribution < -0.4 is 0 Å². The third-order valence-electron chi connectivity index (χ3n) is 6.13. The van der Waals surface area contributed by atoms with Crippen molar-refractivity contribution in [3.8, 4) is 0 Å². The molecule has 0 atom stereocenters. The van der Waals surface area contributed by atoms with Gasteiger partial charge in [0.1, 0.15) is 5.60 Å². The summed E-state index contributed by atoms with van der Waals surface area (Å²) in [7, 11) is 1.38. The second-order valence-corrected chi connectivity index (χ2v) is 10.9. The lowest BCUT2D eigenvalue weighted by atomic mass is 9.98. The van der Waals surface area contributed by atoms with Crippen LogP contribution in [0.5, 0.6) is 0 Å². The van der Waals surface area contributed by atoms with E-state index in [1.807, 2.05) is 72.7 Å². The zero-order chi connectivity index (χ0) is 30.3. The van der Waals surface area contributed by atoms with Gasteiger partial charge in [-0.25, -0.2) is 9.59 Å². The Balaban J connectivity index is 0.000000667. The lowest BCUT2D eigenvalue weighted by Gasteiger charge is -2.38. The molecular weight excluding hydrogens is 526 g/mol. The van der Waals surface area contributed by atoms with Gasteiger partial charge in [-0.15, -0.1) is 0 Å². The maximum atomic E-state index is 12.4. The molecule has 0 N–H and O–H groups in total. The second kappa shape index (κ2) is 17.6. The minimum Gasteiger partial charge on any atom is -0.465 e. The predicted octanol–water partition coefficient (Wildman–Crippen LogP) is 7.61. The molecule has 0 spiro atoms. The standard InChI is InChI=1S/C23H37N3O4.C9H11Cl/c1-9-11-12-24-17(3)20(19(10-2)21(27)29-8)18(4)25-13-15-26(16-14-25)22(28)30-23(5,6)7;1-2-4-8-5-3-6-9(10)7-8/h10-12H,9,13-16H2,1-8H3;3,5-7H,2,4H2,1H3/b12-11+,19-10+,20-18-,24-17+;. The van der Waals surface area contributed by atoms with E-state index in [4.69, 9.17) is 21.1 Å². The van der Waals surface area contributed by atoms with Crippen LogP contribution >= 0.6 is 11.6 Å². The molecule has 1 heterocycles. The SMILES string of the molecule is CCCc1cccc(Cl)c1.C\C=C(C(=O)OC)/C(C(/C)=N/C=C/CC)=C(/C)N1CCN(C(=O)OC(C)(C)C)CC1. The summed E-state index contributed by atoms with van der Waals surface area (Å²) in [5.41, 5.74) is 3.73. The Hall–Kier alpha value is -3.06. The van der Waals surface area contributed by atoms with Gasteiger partial charge in [-0.05, 0) is 72.1 Å². The maximum Gasteiger partial charge on any atom is 0.410 e. The molecule has 7 nitrogen and oxygen atoms in total. The van der Waals surface area contributed by atoms with Gasteiger partial charge < -0.3 is 19.3 Å². The summed E-state index contributed by atoms with van der Waals surface area (Å²) in [6.07, 6.45) is 8.37. The van der Waals surface area contributed by atoms with E-state index in [0.717, 1.165) is 34.8 Å². The molecule has 1 aromatic rings. The van der Waals surface area contributed by atoms with E-state index in [1.54, 1.807) is 17.2 Å². The van der Waals surface area contributed by atoms with Gasteiger partial charge in [-0.1, -0.05) is 56.2 Å². The van der Waals surface area contributed by atoms with Gasteiger partial charge in [0.15, 0.2) is 0 Å². The lowest BCUT2D eigenvalue weighted by Crippen LogP contribution is -2.49. The van der Waals surface area contributed by atoms with Gasteiger partial charge in [0.2, 0.25) is 0 Å². The van der Waals surface area contributed by atoms with Gasteiger partial charge in [0, 0.05) is 54.4 Å². The van der Waals surface area contributed by atoms with Gasteiger partial charge >= 0.3 is 12.1 Å². The topological polar surface area (TPSA) is 71.4 Å². The zero-order valence-electron chi connectivity index (χ0n) is 25.8. The molecular formula is C32H48ClN3O4. The molecule has 0 radical (unpaired) electrons. The molecule has 1 saturated heterocycles. The highest BCUT2D eigenvalue weighted by Crippen LogP contribution is 2.23. The average molecular weight is 574 g/mol. The van der Waals surface area contributed by atoms with Crippen LogP contribution in [0, 0.1) is 0 Å². The fraction of sp³-hybridized carbons (Fsp3) is 0.531. The first-order chi connectivity index (χ1) is 18.9. The number of rotatable bonds is 8. The number of allylic oxidation sites excluding steroid dienone is 3. The van der Waals surface area contributed by atoms with Crippen molar-refractivity contribution < 1.29 is 19.1 Å². The van der Waals surface area contributed by atoms with Crippen molar-refractivity contribution in [2.75, 3.05) is 33.3 Å². The first-order valence-electron chi connectivity index (χ1n) is 14.0. The van der Waals surface area contributed by atoms with E-state index >= 15 is 0 Å². The number of aryl methyl sites for hydroxylation is 1. The molecule has 0 aliphatic carbocycles. The molecule has 0 unspecified atom stereocenters. The Morgan fingerprint density at radius 3 is 2.20 bits per heavy atom. The largest absolute Gasteiger partial charge is 0.465 e. The Kier molecular flexibility index (Phi) is 15.4. The van der Waals surface area contributed by atoms with Crippen molar-refractivity contribution in [2.45, 2.75) is 80.3 Å². The summed E-state index contributed by atoms with van der Waals surface area (Å²) in [6.45, 7) is 17.9. The molecule has 2 rings (SSSR count). The summed E-state index contributed by atoms with van der Waals surface area (Å²) in [5.74, 6) is -0.395. The summed E-state index contributed by atoms with van der Waals surface area (Å²) < 4.78 is 10.5. The summed E-state index contributed by atoms with van der Waals surface area (Å²) in [5, 5.41) is 0.839. The van der Waals surface area contributed by atoms with Crippen LogP contribution in [0.15, 0.2) is 64.5 Å². The number of carbonyl (C=O) groups is 2. The second-order valence-electron chi connectivity index (χ2n) is 10.5. The van der Waals surface area contributed by atoms with Crippen molar-refractivity contribution in [2.24, 2.45) is 4.99 Å². The monoisotopic (exact) mass is 573 g/mol. The number of aliphatic imine (C=N–C) groups is 1. The van der Waals surface area contributed by atoms with Crippen LogP contribution in [-0.4, -0.2) is 66.5 Å². The van der Waals surface area contributed by atoms with Crippen LogP contribution in [0.4, 0.5) is 4.79 Å². The number of piperazine rings is 1. The van der Waals surface area contributed by atoms with Crippen LogP contribution in [0.3, 0.4) is 0 Å². The number of hydrogen-bond acceptors (Lipinski definition) is 6. The molecule has 0 aromatic heterocycles. The fourth-order valence-electron chi connectivity index (χ4n) is 4.15. The first kappa shape index (κ1) is 35.0. The van der Waals surface area contributed by atoms with E-state index in [9.17, 15) is 9.59 Å². The number of esters is 1. The number of halogens is 1. The van der Waals surface area contributed by atoms with E-state index in [2.05, 4.69) is 22.9 Å². The summed E-state index contributed by atoms with van der Waals surface area (Å²) >= 11 is 5.78. The molecule has 1 fully saturated rings. The highest BCUT2D eigenvalue weighted by atomic mass is 35.5. The molecule has 0 bridgehead atoms. The normalized spacial score (nSPS) is 15.3. The minimum absolute atomic E-state index is 0.296. The number of amides is 1. The zero-order valence-corrected chi connectivity index (χ0v) is 26.6. The van der Waals surface area contributed by atoms with Crippen molar-refractivity contribution >= 4 is 29.4 Å². The molecule has 1 aliphatic rings. The molecule has 1 aromatic carbocycles. The smallest absolute Gasteiger partial charge is 0.410 e. The Labute approximate surface area is 246 Å². The molecule has 0 saturated carbocycles. The summed E-state index contributed by atoms with van der Waals surface area (Å²) in [6, 6.07) is 8.02. The Bertz CT molecular complexity index is 1090. The van der Waals surface area contributed by atoms with Gasteiger partial charge in [-0.2, -0.15) is 0 Å². The van der Waals surface area contributed by atoms with E-state index in [0.29, 0.717) is 31.8 Å². The predicted molar refractivity (Wildman–Crippen MR) is 166 cm³/mol. The number of benzene rings is 1. The van der Waals surface area contributed by atoms with Gasteiger partial charge in [0.25, 0.3) is 0 Å². The first-order valence-corrected chi connectivity index (χ1v) is 14.4. The number of methoxy groups -OCH3 is 1. The van der Waals surface area contributed by atoms with Crippen molar-refractivity contribution in [1.29, 1.82) is 0 Å². The number of carbonyl (C=O) groups excluding carboxylic acids is 2. The average Bonchev–Trinajstić information content (AvgIpc) is 2.90. The third-order valence-corrected chi connectivity index (χ3v) is 6.36. The van der Waals surface area contributed by atoms with Crippen molar-refractivity contribution in [3.63, 3.8) is 0 Å². The highest BCUT2D eigenvalue weighted by Gasteiger charge is 2.28. The molecule has 1 aliphatic heterocycles. The van der Waals surface area contributed by atoms with Gasteiger partial charge in [0.05, 0.1) is 12.7 Å². The van der Waals surface area contributed by atoms with E-state index < -0.39 is 11.6 Å². The third kappa shape index (κ3) is 12.0. The molecule has 1 amide bonds. The van der Waals surface area contributed by atoms with Crippen LogP contribution in [0.25, 0.3) is 0 Å². The molecule has 222 valence electrons. The van der Waals surface area contributed by atoms with Gasteiger partial charge in [-0.3, -0.25) is 4.99 Å². The maximum absolute atomic E-state index is 12.4. The molecule has 8 heteroatoms. The number of hydrogen-bond donors (Lipinski definition) is 0. The lowest BCUT2D eigenvalue weighted by molar-refractivity contribution is -0.135. The quantitative estimate of drug-likeness (QED) is 0.138. The fourth-order valence-corrected chi connectivity index (χ4v) is 4.36. The number of nitrogens with zero attached hydrogens (tertiary/aromatic N) is 3. The van der Waals surface area contributed by atoms with Crippen molar-refractivity contribution in [3.05, 3.63) is 70.0 Å². The van der Waals surface area contributed by atoms with E-state index in [1.165, 1.54) is 19.1 Å². The highest BCUT2D eigenvalue weighted by molar-refractivity contribution is 6.30. The van der Waals surface area contributed by atoms with Crippen LogP contribution in [-0.2, 0) is 20.7 Å². The minimum atomic E-state index is -0.516. The van der Waals surface area contributed by atoms with Crippen LogP contribution in [0.1, 0.15) is 73.8 Å². The number of ether oxygens (including phenoxy) is 2. The Morgan fingerprint density at radius 1 is 1.07 bits per heavy atom. The van der Waals surface area contributed by atoms with Crippen LogP contribution in [0.2, 0.25) is 5.02 Å². The summed E-state index contributed by atoms with van der Waals surface area (Å²) in [4.78, 5) is 33.1. The van der Waals surface area contributed by atoms with E-state index in [-0.39, 0.29) is 6.09 Å².